The molecule has 0 fully saturated rings. The number of para-hydroxylation sites is 1. The number of amidine groups is 1. The number of hydrogen-bond acceptors (Lipinski definition) is 2. The molecule has 214 valence electrons. The van der Waals surface area contributed by atoms with E-state index in [1.807, 2.05) is 11.3 Å². The number of fused-ring (bicyclic) bond motifs is 10. The molecule has 45 heavy (non-hydrogen) atoms. The standard InChI is InChI=1S/C41H29N3S/c1-41(2)31-20-9-6-16-28(31)36-32(41)23-24-34-37(36)29-17-7-10-21-33(29)43(34)44-39(25-13-4-3-5-14-25)42-40(44)30-19-12-18-27-26-15-8-11-22-35(26)45-38(27)30/h3-24,39H,1-2H3/p+1. The molecule has 1 N–H and O–H groups in total. The highest BCUT2D eigenvalue weighted by atomic mass is 32.1. The van der Waals surface area contributed by atoms with Gasteiger partial charge < -0.3 is 0 Å². The second-order valence-electron chi connectivity index (χ2n) is 12.8. The van der Waals surface area contributed by atoms with E-state index in [1.54, 1.807) is 0 Å². The number of nitrogens with zero attached hydrogens (tertiary/aromatic N) is 2. The maximum absolute atomic E-state index is 3.93. The van der Waals surface area contributed by atoms with Crippen LogP contribution in [0.2, 0.25) is 0 Å². The molecular formula is C41H30N3S+. The van der Waals surface area contributed by atoms with E-state index in [0.717, 1.165) is 5.84 Å². The van der Waals surface area contributed by atoms with Crippen LogP contribution >= 0.6 is 11.3 Å². The molecule has 2 aromatic heterocycles. The minimum atomic E-state index is -0.0533. The summed E-state index contributed by atoms with van der Waals surface area (Å²) in [5, 5.41) is 9.17. The van der Waals surface area contributed by atoms with Crippen molar-refractivity contribution < 1.29 is 4.68 Å². The number of hydrogen-bond donors (Lipinski definition) is 1. The third-order valence-corrected chi connectivity index (χ3v) is 11.3. The summed E-state index contributed by atoms with van der Waals surface area (Å²) in [6, 6.07) is 49.0. The molecule has 0 saturated heterocycles. The predicted molar refractivity (Wildman–Crippen MR) is 188 cm³/mol. The Bertz CT molecular complexity index is 2550. The summed E-state index contributed by atoms with van der Waals surface area (Å²) in [5.41, 5.74) is 10.4. The monoisotopic (exact) mass is 596 g/mol. The molecule has 0 radical (unpaired) electrons. The Morgan fingerprint density at radius 2 is 1.33 bits per heavy atom. The lowest BCUT2D eigenvalue weighted by atomic mass is 9.82. The van der Waals surface area contributed by atoms with Gasteiger partial charge in [0.05, 0.1) is 21.3 Å². The lowest BCUT2D eigenvalue weighted by molar-refractivity contribution is -0.652. The number of rotatable bonds is 3. The summed E-state index contributed by atoms with van der Waals surface area (Å²) in [6.07, 6.45) is -0.0122. The summed E-state index contributed by atoms with van der Waals surface area (Å²) in [6.45, 7) is 4.73. The topological polar surface area (TPSA) is 20.0 Å². The molecule has 1 aliphatic heterocycles. The Morgan fingerprint density at radius 1 is 0.622 bits per heavy atom. The second kappa shape index (κ2) is 8.93. The smallest absolute Gasteiger partial charge is 0.226 e. The minimum Gasteiger partial charge on any atom is -0.226 e. The molecule has 1 aliphatic carbocycles. The molecule has 8 aromatic rings. The first-order valence-electron chi connectivity index (χ1n) is 15.7. The van der Waals surface area contributed by atoms with Gasteiger partial charge in [-0.15, -0.1) is 16.0 Å². The van der Waals surface area contributed by atoms with Crippen LogP contribution < -0.4 is 5.32 Å². The van der Waals surface area contributed by atoms with Gasteiger partial charge in [-0.05, 0) is 46.5 Å². The maximum atomic E-state index is 3.93. The van der Waals surface area contributed by atoms with Crippen LogP contribution in [0.3, 0.4) is 0 Å². The summed E-state index contributed by atoms with van der Waals surface area (Å²) in [7, 11) is 0. The fraction of sp³-hybridized carbons (Fsp3) is 0.0976. The van der Waals surface area contributed by atoms with Gasteiger partial charge in [-0.25, -0.2) is 5.32 Å². The van der Waals surface area contributed by atoms with Crippen LogP contribution in [-0.2, 0) is 5.41 Å². The lowest BCUT2D eigenvalue weighted by Gasteiger charge is -2.30. The largest absolute Gasteiger partial charge is 0.310 e. The van der Waals surface area contributed by atoms with E-state index in [-0.39, 0.29) is 11.6 Å². The molecule has 0 bridgehead atoms. The molecule has 0 amide bonds. The highest BCUT2D eigenvalue weighted by Gasteiger charge is 2.44. The number of thiophene rings is 1. The quantitative estimate of drug-likeness (QED) is 0.201. The average Bonchev–Trinajstić information content (AvgIpc) is 3.68. The first-order valence-corrected chi connectivity index (χ1v) is 16.5. The molecule has 1 atom stereocenters. The van der Waals surface area contributed by atoms with Crippen LogP contribution in [-0.4, -0.2) is 15.2 Å². The van der Waals surface area contributed by atoms with Crippen molar-refractivity contribution in [1.29, 1.82) is 0 Å². The van der Waals surface area contributed by atoms with Crippen molar-refractivity contribution >= 4 is 59.2 Å². The molecule has 3 heterocycles. The van der Waals surface area contributed by atoms with E-state index in [9.17, 15) is 0 Å². The van der Waals surface area contributed by atoms with E-state index in [1.165, 1.54) is 75.4 Å². The van der Waals surface area contributed by atoms with E-state index in [4.69, 9.17) is 0 Å². The van der Waals surface area contributed by atoms with Crippen molar-refractivity contribution in [2.24, 2.45) is 0 Å². The van der Waals surface area contributed by atoms with Crippen LogP contribution in [0.5, 0.6) is 0 Å². The predicted octanol–water partition coefficient (Wildman–Crippen LogP) is 9.99. The van der Waals surface area contributed by atoms with Gasteiger partial charge in [-0.1, -0.05) is 123 Å². The normalized spacial score (nSPS) is 16.7. The number of aromatic nitrogens is 1. The van der Waals surface area contributed by atoms with Gasteiger partial charge in [-0.3, -0.25) is 0 Å². The lowest BCUT2D eigenvalue weighted by Crippen LogP contribution is -2.55. The molecule has 0 saturated carbocycles. The van der Waals surface area contributed by atoms with Gasteiger partial charge in [-0.2, -0.15) is 4.68 Å². The van der Waals surface area contributed by atoms with Gasteiger partial charge in [0, 0.05) is 37.2 Å². The summed E-state index contributed by atoms with van der Waals surface area (Å²) >= 11 is 1.88. The zero-order valence-corrected chi connectivity index (χ0v) is 25.9. The second-order valence-corrected chi connectivity index (χ2v) is 13.9. The van der Waals surface area contributed by atoms with Gasteiger partial charge in [0.1, 0.15) is 0 Å². The van der Waals surface area contributed by atoms with E-state index < -0.39 is 0 Å². The summed E-state index contributed by atoms with van der Waals surface area (Å²) < 4.78 is 7.61. The third-order valence-electron chi connectivity index (χ3n) is 10.1. The number of benzene rings is 6. The average molecular weight is 597 g/mol. The fourth-order valence-corrected chi connectivity index (χ4v) is 9.21. The third kappa shape index (κ3) is 3.27. The van der Waals surface area contributed by atoms with E-state index in [2.05, 4.69) is 162 Å². The summed E-state index contributed by atoms with van der Waals surface area (Å²) in [4.78, 5) is 0. The Balaban J connectivity index is 1.33. The highest BCUT2D eigenvalue weighted by molar-refractivity contribution is 7.26. The van der Waals surface area contributed by atoms with Crippen LogP contribution in [0, 0.1) is 0 Å². The Kier molecular flexibility index (Phi) is 5.00. The molecule has 6 aromatic carbocycles. The van der Waals surface area contributed by atoms with Gasteiger partial charge >= 0.3 is 5.84 Å². The first-order chi connectivity index (χ1) is 22.1. The minimum absolute atomic E-state index is 0.0122. The maximum Gasteiger partial charge on any atom is 0.310 e. The zero-order valence-electron chi connectivity index (χ0n) is 25.1. The van der Waals surface area contributed by atoms with Crippen LogP contribution in [0.25, 0.3) is 53.1 Å². The summed E-state index contributed by atoms with van der Waals surface area (Å²) in [5.74, 6) is 1.13. The fourth-order valence-electron chi connectivity index (χ4n) is 7.99. The molecule has 0 spiro atoms. The van der Waals surface area contributed by atoms with Crippen molar-refractivity contribution in [1.82, 2.24) is 9.99 Å². The van der Waals surface area contributed by atoms with Crippen molar-refractivity contribution in [3.63, 3.8) is 0 Å². The molecular weight excluding hydrogens is 567 g/mol. The van der Waals surface area contributed by atoms with Gasteiger partial charge in [0.25, 0.3) is 6.17 Å². The molecule has 1 unspecified atom stereocenters. The molecule has 4 heteroatoms. The Hall–Kier alpha value is -5.19. The highest BCUT2D eigenvalue weighted by Crippen LogP contribution is 2.53. The van der Waals surface area contributed by atoms with Gasteiger partial charge in [0.15, 0.2) is 0 Å². The van der Waals surface area contributed by atoms with Crippen molar-refractivity contribution in [2.75, 3.05) is 0 Å². The zero-order chi connectivity index (χ0) is 29.9. The Labute approximate surface area is 265 Å². The SMILES string of the molecule is CC1(C)c2ccccc2-c2c1ccc1c2c2ccccc2n1[N+]1=C(c2cccc3c2sc2ccccc23)NC1c1ccccc1. The molecule has 3 nitrogen and oxygen atoms in total. The van der Waals surface area contributed by atoms with Crippen LogP contribution in [0.4, 0.5) is 0 Å². The van der Waals surface area contributed by atoms with Crippen molar-refractivity contribution in [2.45, 2.75) is 25.4 Å². The van der Waals surface area contributed by atoms with Crippen molar-refractivity contribution in [3.05, 3.63) is 156 Å². The first kappa shape index (κ1) is 25.2. The molecule has 10 rings (SSSR count). The van der Waals surface area contributed by atoms with Crippen LogP contribution in [0.1, 0.15) is 42.3 Å². The van der Waals surface area contributed by atoms with Crippen molar-refractivity contribution in [3.8, 4) is 11.1 Å². The van der Waals surface area contributed by atoms with E-state index >= 15 is 0 Å². The van der Waals surface area contributed by atoms with E-state index in [0.29, 0.717) is 0 Å². The van der Waals surface area contributed by atoms with Gasteiger partial charge in [0.2, 0.25) is 0 Å². The Morgan fingerprint density at radius 3 is 2.22 bits per heavy atom. The van der Waals surface area contributed by atoms with Crippen LogP contribution in [0.15, 0.2) is 133 Å². The number of nitrogens with one attached hydrogen (secondary N) is 1. The molecule has 2 aliphatic rings.